The first-order valence-corrected chi connectivity index (χ1v) is 10.8. The molecule has 31 heavy (non-hydrogen) atoms. The molecule has 0 bridgehead atoms. The van der Waals surface area contributed by atoms with Crippen LogP contribution < -0.4 is 10.6 Å². The summed E-state index contributed by atoms with van der Waals surface area (Å²) in [4.78, 5) is 43.2. The number of amides is 3. The molecule has 0 spiro atoms. The molecule has 3 atom stereocenters. The summed E-state index contributed by atoms with van der Waals surface area (Å²) < 4.78 is 0. The van der Waals surface area contributed by atoms with Gasteiger partial charge >= 0.3 is 6.03 Å². The number of pyridine rings is 1. The standard InChI is InChI=1S/C22H31N7O2/c1-15(2)10-13-28-18-19(30)29(17-9-5-6-11-24-17)21(31)26(4)22(18,3)25-20(28)27-12-7-8-16(23)14-27/h5-6,9-11,16,18H,7-8,12-14,23H2,1-4H3. The lowest BCUT2D eigenvalue weighted by Gasteiger charge is -2.46. The third-order valence-electron chi connectivity index (χ3n) is 6.34. The minimum Gasteiger partial charge on any atom is -0.341 e. The molecule has 1 aromatic heterocycles. The number of nitrogens with two attached hydrogens (primary N) is 1. The Hall–Kier alpha value is -2.94. The Morgan fingerprint density at radius 1 is 1.32 bits per heavy atom. The largest absolute Gasteiger partial charge is 0.341 e. The molecule has 4 rings (SSSR count). The first-order valence-electron chi connectivity index (χ1n) is 10.8. The summed E-state index contributed by atoms with van der Waals surface area (Å²) in [5, 5.41) is 0. The number of likely N-dealkylation sites (N-methyl/N-ethyl adjacent to an activating group) is 1. The summed E-state index contributed by atoms with van der Waals surface area (Å²) in [7, 11) is 1.70. The van der Waals surface area contributed by atoms with Crippen LogP contribution in [0, 0.1) is 0 Å². The first-order chi connectivity index (χ1) is 14.7. The van der Waals surface area contributed by atoms with Crippen LogP contribution in [0.2, 0.25) is 0 Å². The van der Waals surface area contributed by atoms with Crippen LogP contribution in [0.3, 0.4) is 0 Å². The van der Waals surface area contributed by atoms with Gasteiger partial charge in [0.1, 0.15) is 5.82 Å². The molecule has 2 saturated heterocycles. The number of imide groups is 1. The highest BCUT2D eigenvalue weighted by Gasteiger charge is 2.60. The summed E-state index contributed by atoms with van der Waals surface area (Å²) in [6.45, 7) is 7.95. The van der Waals surface area contributed by atoms with E-state index in [2.05, 4.69) is 16.0 Å². The maximum atomic E-state index is 13.8. The summed E-state index contributed by atoms with van der Waals surface area (Å²) >= 11 is 0. The second kappa shape index (κ2) is 7.96. The zero-order valence-corrected chi connectivity index (χ0v) is 18.7. The van der Waals surface area contributed by atoms with Gasteiger partial charge in [-0.1, -0.05) is 17.7 Å². The van der Waals surface area contributed by atoms with Crippen molar-refractivity contribution in [1.82, 2.24) is 19.7 Å². The minimum absolute atomic E-state index is 0.0669. The first kappa shape index (κ1) is 21.3. The molecule has 0 aliphatic carbocycles. The van der Waals surface area contributed by atoms with Crippen LogP contribution in [0.15, 0.2) is 41.0 Å². The number of aromatic nitrogens is 1. The average Bonchev–Trinajstić information content (AvgIpc) is 3.05. The molecule has 3 unspecified atom stereocenters. The molecule has 9 heteroatoms. The van der Waals surface area contributed by atoms with Crippen molar-refractivity contribution < 1.29 is 9.59 Å². The van der Waals surface area contributed by atoms with Gasteiger partial charge in [0.05, 0.1) is 0 Å². The number of fused-ring (bicyclic) bond motifs is 1. The van der Waals surface area contributed by atoms with E-state index in [-0.39, 0.29) is 11.9 Å². The number of anilines is 1. The third kappa shape index (κ3) is 3.56. The van der Waals surface area contributed by atoms with E-state index in [4.69, 9.17) is 10.7 Å². The number of carbonyl (C=O) groups excluding carboxylic acids is 2. The molecule has 0 aromatic carbocycles. The van der Waals surface area contributed by atoms with Gasteiger partial charge in [0, 0.05) is 38.9 Å². The fourth-order valence-corrected chi connectivity index (χ4v) is 4.53. The van der Waals surface area contributed by atoms with Crippen LogP contribution in [-0.4, -0.2) is 82.0 Å². The second-order valence-corrected chi connectivity index (χ2v) is 8.89. The van der Waals surface area contributed by atoms with Crippen molar-refractivity contribution in [2.24, 2.45) is 10.7 Å². The van der Waals surface area contributed by atoms with Gasteiger partial charge in [-0.05, 0) is 45.7 Å². The molecule has 2 N–H and O–H groups in total. The van der Waals surface area contributed by atoms with Gasteiger partial charge in [0.2, 0.25) is 0 Å². The van der Waals surface area contributed by atoms with Crippen molar-refractivity contribution in [3.05, 3.63) is 36.0 Å². The SMILES string of the molecule is CC(C)=CCN1C(N2CCCC(N)C2)=NC2(C)C1C(=O)N(c1ccccn1)C(=O)N2C. The van der Waals surface area contributed by atoms with E-state index in [0.717, 1.165) is 30.9 Å². The van der Waals surface area contributed by atoms with E-state index in [9.17, 15) is 9.59 Å². The van der Waals surface area contributed by atoms with Crippen molar-refractivity contribution in [3.63, 3.8) is 0 Å². The van der Waals surface area contributed by atoms with Gasteiger partial charge in [-0.3, -0.25) is 9.69 Å². The number of allylic oxidation sites excluding steroid dienone is 1. The van der Waals surface area contributed by atoms with Crippen LogP contribution >= 0.6 is 0 Å². The number of hydrogen-bond donors (Lipinski definition) is 1. The van der Waals surface area contributed by atoms with Gasteiger partial charge in [0.15, 0.2) is 17.7 Å². The number of urea groups is 1. The van der Waals surface area contributed by atoms with E-state index >= 15 is 0 Å². The predicted octanol–water partition coefficient (Wildman–Crippen LogP) is 1.63. The molecular weight excluding hydrogens is 394 g/mol. The van der Waals surface area contributed by atoms with Gasteiger partial charge in [-0.15, -0.1) is 0 Å². The Labute approximate surface area is 183 Å². The van der Waals surface area contributed by atoms with E-state index in [1.54, 1.807) is 36.3 Å². The molecule has 9 nitrogen and oxygen atoms in total. The van der Waals surface area contributed by atoms with E-state index in [0.29, 0.717) is 18.9 Å². The molecule has 0 saturated carbocycles. The number of nitrogens with zero attached hydrogens (tertiary/aromatic N) is 6. The fourth-order valence-electron chi connectivity index (χ4n) is 4.53. The molecule has 2 fully saturated rings. The topological polar surface area (TPSA) is 98.4 Å². The summed E-state index contributed by atoms with van der Waals surface area (Å²) in [6.07, 6.45) is 5.61. The molecule has 166 valence electrons. The lowest BCUT2D eigenvalue weighted by Crippen LogP contribution is -2.71. The summed E-state index contributed by atoms with van der Waals surface area (Å²) in [5.41, 5.74) is 6.38. The quantitative estimate of drug-likeness (QED) is 0.739. The molecule has 0 radical (unpaired) electrons. The lowest BCUT2D eigenvalue weighted by molar-refractivity contribution is -0.127. The second-order valence-electron chi connectivity index (χ2n) is 8.89. The number of hydrogen-bond acceptors (Lipinski definition) is 7. The van der Waals surface area contributed by atoms with Crippen LogP contribution in [0.25, 0.3) is 0 Å². The van der Waals surface area contributed by atoms with Crippen molar-refractivity contribution >= 4 is 23.7 Å². The maximum Gasteiger partial charge on any atom is 0.334 e. The normalized spacial score (nSPS) is 28.6. The van der Waals surface area contributed by atoms with Gasteiger partial charge < -0.3 is 15.5 Å². The van der Waals surface area contributed by atoms with E-state index in [1.165, 1.54) is 4.90 Å². The van der Waals surface area contributed by atoms with Crippen molar-refractivity contribution in [1.29, 1.82) is 0 Å². The Bertz CT molecular complexity index is 927. The molecular formula is C22H31N7O2. The number of piperidine rings is 1. The minimum atomic E-state index is -1.01. The predicted molar refractivity (Wildman–Crippen MR) is 119 cm³/mol. The van der Waals surface area contributed by atoms with Crippen LogP contribution in [0.4, 0.5) is 10.6 Å². The highest BCUT2D eigenvalue weighted by atomic mass is 16.2. The van der Waals surface area contributed by atoms with E-state index in [1.807, 2.05) is 25.7 Å². The molecule has 3 amide bonds. The zero-order chi connectivity index (χ0) is 22.3. The highest BCUT2D eigenvalue weighted by molar-refractivity contribution is 6.19. The maximum absolute atomic E-state index is 13.8. The summed E-state index contributed by atoms with van der Waals surface area (Å²) in [5.74, 6) is 0.740. The van der Waals surface area contributed by atoms with E-state index < -0.39 is 17.7 Å². The lowest BCUT2D eigenvalue weighted by atomic mass is 9.97. The van der Waals surface area contributed by atoms with Crippen LogP contribution in [-0.2, 0) is 4.79 Å². The smallest absolute Gasteiger partial charge is 0.334 e. The molecule has 3 aliphatic heterocycles. The Morgan fingerprint density at radius 3 is 2.74 bits per heavy atom. The number of rotatable bonds is 3. The van der Waals surface area contributed by atoms with Crippen molar-refractivity contribution in [3.8, 4) is 0 Å². The van der Waals surface area contributed by atoms with Crippen molar-refractivity contribution in [2.75, 3.05) is 31.6 Å². The molecule has 3 aliphatic rings. The summed E-state index contributed by atoms with van der Waals surface area (Å²) in [6, 6.07) is 4.19. The Kier molecular flexibility index (Phi) is 5.47. The van der Waals surface area contributed by atoms with Gasteiger partial charge in [-0.25, -0.2) is 19.7 Å². The average molecular weight is 426 g/mol. The zero-order valence-electron chi connectivity index (χ0n) is 18.7. The Morgan fingerprint density at radius 2 is 2.10 bits per heavy atom. The van der Waals surface area contributed by atoms with Gasteiger partial charge in [0.25, 0.3) is 5.91 Å². The van der Waals surface area contributed by atoms with Crippen LogP contribution in [0.1, 0.15) is 33.6 Å². The number of likely N-dealkylation sites (tertiary alicyclic amines) is 1. The number of aliphatic imine (C=N–C) groups is 1. The number of carbonyl (C=O) groups is 2. The Balaban J connectivity index is 1.77. The van der Waals surface area contributed by atoms with Crippen molar-refractivity contribution in [2.45, 2.75) is 51.4 Å². The molecule has 4 heterocycles. The molecule has 1 aromatic rings. The van der Waals surface area contributed by atoms with Gasteiger partial charge in [-0.2, -0.15) is 0 Å². The van der Waals surface area contributed by atoms with Crippen LogP contribution in [0.5, 0.6) is 0 Å². The monoisotopic (exact) mass is 425 g/mol. The third-order valence-corrected chi connectivity index (χ3v) is 6.34. The number of guanidine groups is 1. The highest BCUT2D eigenvalue weighted by Crippen LogP contribution is 2.39. The fraction of sp³-hybridized carbons (Fsp3) is 0.545.